The van der Waals surface area contributed by atoms with Gasteiger partial charge in [-0.25, -0.2) is 0 Å². The van der Waals surface area contributed by atoms with Crippen molar-refractivity contribution in [2.75, 3.05) is 48.5 Å². The van der Waals surface area contributed by atoms with Gasteiger partial charge < -0.3 is 28.8 Å². The highest BCUT2D eigenvalue weighted by Gasteiger charge is 2.34. The lowest BCUT2D eigenvalue weighted by atomic mass is 9.87. The Balaban J connectivity index is 1.46. The van der Waals surface area contributed by atoms with Crippen molar-refractivity contribution in [1.29, 1.82) is 0 Å². The number of ether oxygens (including phenoxy) is 5. The van der Waals surface area contributed by atoms with Gasteiger partial charge in [-0.05, 0) is 110 Å². The molecule has 0 aromatic heterocycles. The van der Waals surface area contributed by atoms with Crippen LogP contribution >= 0.6 is 0 Å². The van der Waals surface area contributed by atoms with Crippen LogP contribution in [0.1, 0.15) is 45.5 Å². The molecular weight excluding hydrogens is 568 g/mol. The van der Waals surface area contributed by atoms with Crippen molar-refractivity contribution < 1.29 is 28.8 Å². The molecule has 8 nitrogen and oxygen atoms in total. The number of likely N-dealkylation sites (N-methyl/N-ethyl adjacent to an activating group) is 2. The number of fused-ring (bicyclic) bond motifs is 2. The fraction of sp³-hybridized carbons (Fsp3) is 0.351. The summed E-state index contributed by atoms with van der Waals surface area (Å²) in [6.45, 7) is 1.77. The summed E-state index contributed by atoms with van der Waals surface area (Å²) < 4.78 is 30.7. The number of methoxy groups -OCH3 is 3. The van der Waals surface area contributed by atoms with Crippen LogP contribution in [0.2, 0.25) is 0 Å². The molecule has 6 bridgehead atoms. The minimum absolute atomic E-state index is 0.0402. The Kier molecular flexibility index (Phi) is 7.71. The van der Waals surface area contributed by atoms with Crippen LogP contribution in [0.5, 0.6) is 46.0 Å². The van der Waals surface area contributed by atoms with Gasteiger partial charge in [0.05, 0.1) is 21.3 Å². The summed E-state index contributed by atoms with van der Waals surface area (Å²) >= 11 is 0. The van der Waals surface area contributed by atoms with Gasteiger partial charge in [-0.1, -0.05) is 18.2 Å². The third-order valence-electron chi connectivity index (χ3n) is 9.64. The molecular formula is C37H40N2O6. The molecule has 4 aliphatic heterocycles. The van der Waals surface area contributed by atoms with E-state index in [1.54, 1.807) is 21.3 Å². The first kappa shape index (κ1) is 29.3. The van der Waals surface area contributed by atoms with E-state index in [2.05, 4.69) is 54.2 Å². The Bertz CT molecular complexity index is 1740. The Labute approximate surface area is 264 Å². The van der Waals surface area contributed by atoms with E-state index in [4.69, 9.17) is 23.7 Å². The predicted octanol–water partition coefficient (Wildman–Crippen LogP) is 6.86. The average Bonchev–Trinajstić information content (AvgIpc) is 3.04. The summed E-state index contributed by atoms with van der Waals surface area (Å²) in [5, 5.41) is 11.4. The molecule has 234 valence electrons. The summed E-state index contributed by atoms with van der Waals surface area (Å²) in [7, 11) is 9.24. The van der Waals surface area contributed by atoms with Gasteiger partial charge in [-0.3, -0.25) is 9.80 Å². The normalized spacial score (nSPS) is 19.4. The van der Waals surface area contributed by atoms with Gasteiger partial charge >= 0.3 is 0 Å². The highest BCUT2D eigenvalue weighted by molar-refractivity contribution is 5.63. The minimum atomic E-state index is -0.0402. The maximum Gasteiger partial charge on any atom is 0.204 e. The molecule has 1 N–H and O–H groups in total. The lowest BCUT2D eigenvalue weighted by molar-refractivity contribution is 0.220. The van der Waals surface area contributed by atoms with E-state index in [0.717, 1.165) is 65.9 Å². The first-order valence-corrected chi connectivity index (χ1v) is 15.5. The lowest BCUT2D eigenvalue weighted by Gasteiger charge is -2.37. The standard InChI is InChI=1S/C37H40N2O6/c1-38-14-12-24-19-30(40)32-21-27(24)28(38)16-22-6-9-26(10-7-22)44-33-18-23(8-11-31(33)41-3)17-29-35-25(13-15-39(29)2)20-34(42-4)36(43-5)37(35)45-32/h6-11,18-21,28-29,40H,12-17H2,1-5H3/t28-,29-/m0/s1. The molecule has 45 heavy (non-hydrogen) atoms. The molecule has 0 fully saturated rings. The van der Waals surface area contributed by atoms with Crippen molar-refractivity contribution in [3.05, 3.63) is 94.0 Å². The van der Waals surface area contributed by atoms with E-state index in [1.807, 2.05) is 30.3 Å². The van der Waals surface area contributed by atoms with Crippen molar-refractivity contribution >= 4 is 0 Å². The van der Waals surface area contributed by atoms with Crippen LogP contribution in [0.25, 0.3) is 0 Å². The van der Waals surface area contributed by atoms with Crippen LogP contribution < -0.4 is 23.7 Å². The lowest BCUT2D eigenvalue weighted by Crippen LogP contribution is -2.34. The number of aromatic hydroxyl groups is 1. The van der Waals surface area contributed by atoms with Crippen molar-refractivity contribution in [1.82, 2.24) is 9.80 Å². The van der Waals surface area contributed by atoms with Gasteiger partial charge in [0.15, 0.2) is 34.5 Å². The molecule has 4 aromatic carbocycles. The number of hydrogen-bond acceptors (Lipinski definition) is 8. The molecule has 8 rings (SSSR count). The number of hydrogen-bond donors (Lipinski definition) is 1. The van der Waals surface area contributed by atoms with Crippen LogP contribution in [0.3, 0.4) is 0 Å². The van der Waals surface area contributed by atoms with E-state index in [-0.39, 0.29) is 17.8 Å². The summed E-state index contributed by atoms with van der Waals surface area (Å²) in [4.78, 5) is 4.72. The number of phenolic OH excluding ortho intramolecular Hbond substituents is 1. The van der Waals surface area contributed by atoms with E-state index in [0.29, 0.717) is 40.9 Å². The van der Waals surface area contributed by atoms with Crippen molar-refractivity contribution in [3.63, 3.8) is 0 Å². The highest BCUT2D eigenvalue weighted by atomic mass is 16.5. The molecule has 0 unspecified atom stereocenters. The maximum absolute atomic E-state index is 11.4. The Morgan fingerprint density at radius 3 is 2.11 bits per heavy atom. The molecule has 8 heteroatoms. The largest absolute Gasteiger partial charge is 0.504 e. The summed E-state index contributed by atoms with van der Waals surface area (Å²) in [6.07, 6.45) is 3.18. The molecule has 2 atom stereocenters. The second kappa shape index (κ2) is 11.8. The van der Waals surface area contributed by atoms with Gasteiger partial charge in [0.25, 0.3) is 0 Å². The zero-order valence-electron chi connectivity index (χ0n) is 26.6. The number of phenols is 1. The summed E-state index contributed by atoms with van der Waals surface area (Å²) in [5.74, 6) is 4.31. The molecule has 0 amide bonds. The van der Waals surface area contributed by atoms with Crippen molar-refractivity contribution in [3.8, 4) is 46.0 Å². The molecule has 0 radical (unpaired) electrons. The second-order valence-electron chi connectivity index (χ2n) is 12.3. The fourth-order valence-electron chi connectivity index (χ4n) is 7.13. The van der Waals surface area contributed by atoms with E-state index in [9.17, 15) is 5.11 Å². The third kappa shape index (κ3) is 5.32. The Morgan fingerprint density at radius 1 is 0.689 bits per heavy atom. The first-order valence-electron chi connectivity index (χ1n) is 15.5. The molecule has 4 aliphatic rings. The summed E-state index contributed by atoms with van der Waals surface area (Å²) in [6, 6.07) is 20.4. The zero-order chi connectivity index (χ0) is 31.2. The Morgan fingerprint density at radius 2 is 1.38 bits per heavy atom. The van der Waals surface area contributed by atoms with E-state index < -0.39 is 0 Å². The molecule has 0 spiro atoms. The van der Waals surface area contributed by atoms with Gasteiger partial charge in [0.2, 0.25) is 5.75 Å². The van der Waals surface area contributed by atoms with Crippen LogP contribution in [-0.4, -0.2) is 63.4 Å². The first-order chi connectivity index (χ1) is 21.9. The van der Waals surface area contributed by atoms with E-state index in [1.165, 1.54) is 5.56 Å². The van der Waals surface area contributed by atoms with Gasteiger partial charge in [-0.15, -0.1) is 0 Å². The number of nitrogens with zero attached hydrogens (tertiary/aromatic N) is 2. The van der Waals surface area contributed by atoms with Crippen LogP contribution in [0, 0.1) is 0 Å². The number of rotatable bonds is 3. The average molecular weight is 609 g/mol. The Hall–Kier alpha value is -4.40. The molecule has 0 aliphatic carbocycles. The van der Waals surface area contributed by atoms with Crippen molar-refractivity contribution in [2.24, 2.45) is 0 Å². The molecule has 4 aromatic rings. The quantitative estimate of drug-likeness (QED) is 0.271. The van der Waals surface area contributed by atoms with E-state index >= 15 is 0 Å². The molecule has 0 saturated carbocycles. The smallest absolute Gasteiger partial charge is 0.204 e. The molecule has 4 heterocycles. The highest BCUT2D eigenvalue weighted by Crippen LogP contribution is 2.51. The van der Waals surface area contributed by atoms with Crippen LogP contribution in [-0.2, 0) is 25.7 Å². The van der Waals surface area contributed by atoms with Gasteiger partial charge in [0, 0.05) is 30.7 Å². The SMILES string of the molecule is COc1ccc2cc1Oc1ccc(cc1)C[C@H]1c3cc(c(O)cc3CCN1C)Oc1c(OC)c(OC)cc3c1[C@H](C2)N(C)CC3. The summed E-state index contributed by atoms with van der Waals surface area (Å²) in [5.41, 5.74) is 6.75. The zero-order valence-corrected chi connectivity index (χ0v) is 26.6. The maximum atomic E-state index is 11.4. The number of benzene rings is 4. The van der Waals surface area contributed by atoms with Crippen LogP contribution in [0.15, 0.2) is 60.7 Å². The van der Waals surface area contributed by atoms with Gasteiger partial charge in [-0.2, -0.15) is 0 Å². The van der Waals surface area contributed by atoms with Crippen molar-refractivity contribution in [2.45, 2.75) is 37.8 Å². The topological polar surface area (TPSA) is 72.9 Å². The fourth-order valence-corrected chi connectivity index (χ4v) is 7.13. The molecule has 0 saturated heterocycles. The third-order valence-corrected chi connectivity index (χ3v) is 9.64. The predicted molar refractivity (Wildman–Crippen MR) is 173 cm³/mol. The van der Waals surface area contributed by atoms with Gasteiger partial charge in [0.1, 0.15) is 5.75 Å². The second-order valence-corrected chi connectivity index (χ2v) is 12.3. The van der Waals surface area contributed by atoms with Crippen LogP contribution in [0.4, 0.5) is 0 Å². The minimum Gasteiger partial charge on any atom is -0.504 e. The monoisotopic (exact) mass is 608 g/mol.